The predicted octanol–water partition coefficient (Wildman–Crippen LogP) is 3.07. The van der Waals surface area contributed by atoms with Gasteiger partial charge in [0.15, 0.2) is 0 Å². The zero-order chi connectivity index (χ0) is 15.9. The number of thiophene rings is 1. The summed E-state index contributed by atoms with van der Waals surface area (Å²) in [6, 6.07) is 12.7. The number of amides is 1. The molecule has 0 atom stereocenters. The molecule has 2 heterocycles. The number of piperazine rings is 1. The van der Waals surface area contributed by atoms with Gasteiger partial charge in [-0.25, -0.2) is 0 Å². The summed E-state index contributed by atoms with van der Waals surface area (Å²) in [6.45, 7) is 4.82. The molecule has 2 aromatic rings. The van der Waals surface area contributed by atoms with E-state index in [1.54, 1.807) is 11.3 Å². The third-order valence-corrected chi connectivity index (χ3v) is 5.22. The Balaban J connectivity index is 1.37. The molecule has 1 fully saturated rings. The van der Waals surface area contributed by atoms with Crippen molar-refractivity contribution < 1.29 is 4.79 Å². The van der Waals surface area contributed by atoms with Crippen LogP contribution in [0, 0.1) is 0 Å². The van der Waals surface area contributed by atoms with Crippen LogP contribution >= 0.6 is 11.3 Å². The molecule has 1 saturated heterocycles. The Hall–Kier alpha value is -1.65. The summed E-state index contributed by atoms with van der Waals surface area (Å²) in [5, 5.41) is 4.21. The van der Waals surface area contributed by atoms with Crippen LogP contribution in [0.1, 0.15) is 17.5 Å². The minimum atomic E-state index is 0.305. The Bertz CT molecular complexity index is 589. The Morgan fingerprint density at radius 2 is 1.74 bits per heavy atom. The average Bonchev–Trinajstić information content (AvgIpc) is 3.13. The molecule has 1 aliphatic heterocycles. The van der Waals surface area contributed by atoms with E-state index in [-0.39, 0.29) is 0 Å². The molecule has 0 bridgehead atoms. The molecule has 0 aliphatic carbocycles. The number of nitrogens with zero attached hydrogens (tertiary/aromatic N) is 2. The van der Waals surface area contributed by atoms with Gasteiger partial charge in [-0.05, 0) is 40.8 Å². The molecule has 1 aliphatic rings. The third kappa shape index (κ3) is 4.91. The van der Waals surface area contributed by atoms with Crippen molar-refractivity contribution in [2.75, 3.05) is 32.7 Å². The summed E-state index contributed by atoms with van der Waals surface area (Å²) in [5.41, 5.74) is 2.67. The second-order valence-electron chi connectivity index (χ2n) is 6.09. The summed E-state index contributed by atoms with van der Waals surface area (Å²) in [4.78, 5) is 16.8. The fraction of sp³-hybridized carbons (Fsp3) is 0.421. The first-order valence-electron chi connectivity index (χ1n) is 8.36. The molecular weight excluding hydrogens is 304 g/mol. The minimum Gasteiger partial charge on any atom is -0.340 e. The summed E-state index contributed by atoms with van der Waals surface area (Å²) >= 11 is 1.70. The third-order valence-electron chi connectivity index (χ3n) is 4.49. The van der Waals surface area contributed by atoms with E-state index in [1.165, 1.54) is 11.1 Å². The van der Waals surface area contributed by atoms with Crippen molar-refractivity contribution in [3.8, 4) is 0 Å². The molecular formula is C19H24N2OS. The maximum absolute atomic E-state index is 12.3. The van der Waals surface area contributed by atoms with Crippen molar-refractivity contribution in [2.24, 2.45) is 0 Å². The van der Waals surface area contributed by atoms with Crippen LogP contribution in [0.4, 0.5) is 0 Å². The lowest BCUT2D eigenvalue weighted by atomic mass is 10.1. The van der Waals surface area contributed by atoms with E-state index >= 15 is 0 Å². The van der Waals surface area contributed by atoms with Gasteiger partial charge in [-0.1, -0.05) is 30.3 Å². The summed E-state index contributed by atoms with van der Waals surface area (Å²) in [7, 11) is 0. The van der Waals surface area contributed by atoms with E-state index < -0.39 is 0 Å². The SMILES string of the molecule is O=C(CCc1ccsc1)N1CCN(CCc2ccccc2)CC1. The first kappa shape index (κ1) is 16.2. The van der Waals surface area contributed by atoms with Crippen molar-refractivity contribution in [2.45, 2.75) is 19.3 Å². The molecule has 0 spiro atoms. The van der Waals surface area contributed by atoms with Gasteiger partial charge in [0.2, 0.25) is 5.91 Å². The zero-order valence-corrected chi connectivity index (χ0v) is 14.3. The zero-order valence-electron chi connectivity index (χ0n) is 13.5. The summed E-state index contributed by atoms with van der Waals surface area (Å²) in [6.07, 6.45) is 2.60. The van der Waals surface area contributed by atoms with Crippen LogP contribution < -0.4 is 0 Å². The Morgan fingerprint density at radius 3 is 2.43 bits per heavy atom. The van der Waals surface area contributed by atoms with Crippen LogP contribution in [0.15, 0.2) is 47.2 Å². The monoisotopic (exact) mass is 328 g/mol. The molecule has 23 heavy (non-hydrogen) atoms. The van der Waals surface area contributed by atoms with Gasteiger partial charge in [0.05, 0.1) is 0 Å². The fourth-order valence-electron chi connectivity index (χ4n) is 3.00. The second-order valence-corrected chi connectivity index (χ2v) is 6.87. The first-order chi connectivity index (χ1) is 11.3. The maximum atomic E-state index is 12.3. The van der Waals surface area contributed by atoms with Crippen LogP contribution in [0.5, 0.6) is 0 Å². The number of hydrogen-bond donors (Lipinski definition) is 0. The number of carbonyl (C=O) groups is 1. The van der Waals surface area contributed by atoms with E-state index in [4.69, 9.17) is 0 Å². The van der Waals surface area contributed by atoms with Gasteiger partial charge >= 0.3 is 0 Å². The van der Waals surface area contributed by atoms with Gasteiger partial charge in [0, 0.05) is 39.1 Å². The Morgan fingerprint density at radius 1 is 0.957 bits per heavy atom. The number of carbonyl (C=O) groups excluding carboxylic acids is 1. The maximum Gasteiger partial charge on any atom is 0.222 e. The molecule has 122 valence electrons. The van der Waals surface area contributed by atoms with Gasteiger partial charge in [-0.2, -0.15) is 11.3 Å². The highest BCUT2D eigenvalue weighted by molar-refractivity contribution is 7.07. The molecule has 0 saturated carbocycles. The highest BCUT2D eigenvalue weighted by Crippen LogP contribution is 2.11. The Kier molecular flexibility index (Phi) is 5.83. The van der Waals surface area contributed by atoms with Crippen LogP contribution in [0.3, 0.4) is 0 Å². The van der Waals surface area contributed by atoms with E-state index in [1.807, 2.05) is 4.90 Å². The standard InChI is InChI=1S/C19H24N2OS/c22-19(7-6-18-9-15-23-16-18)21-13-11-20(12-14-21)10-8-17-4-2-1-3-5-17/h1-5,9,15-16H,6-8,10-14H2. The van der Waals surface area contributed by atoms with Crippen molar-refractivity contribution in [1.29, 1.82) is 0 Å². The van der Waals surface area contributed by atoms with Gasteiger partial charge in [-0.15, -0.1) is 0 Å². The first-order valence-corrected chi connectivity index (χ1v) is 9.31. The van der Waals surface area contributed by atoms with E-state index in [0.29, 0.717) is 12.3 Å². The van der Waals surface area contributed by atoms with Gasteiger partial charge in [-0.3, -0.25) is 9.69 Å². The summed E-state index contributed by atoms with van der Waals surface area (Å²) < 4.78 is 0. The molecule has 0 radical (unpaired) electrons. The lowest BCUT2D eigenvalue weighted by molar-refractivity contribution is -0.132. The van der Waals surface area contributed by atoms with Crippen molar-refractivity contribution >= 4 is 17.2 Å². The molecule has 3 nitrogen and oxygen atoms in total. The van der Waals surface area contributed by atoms with Crippen LogP contribution in [-0.2, 0) is 17.6 Å². The molecule has 1 aromatic carbocycles. The second kappa shape index (κ2) is 8.27. The molecule has 4 heteroatoms. The predicted molar refractivity (Wildman–Crippen MR) is 95.8 cm³/mol. The average molecular weight is 328 g/mol. The number of hydrogen-bond acceptors (Lipinski definition) is 3. The molecule has 1 aromatic heterocycles. The van der Waals surface area contributed by atoms with Crippen molar-refractivity contribution in [1.82, 2.24) is 9.80 Å². The number of aryl methyl sites for hydroxylation is 1. The van der Waals surface area contributed by atoms with Crippen LogP contribution in [0.25, 0.3) is 0 Å². The molecule has 3 rings (SSSR count). The fourth-order valence-corrected chi connectivity index (χ4v) is 3.70. The largest absolute Gasteiger partial charge is 0.340 e. The van der Waals surface area contributed by atoms with Gasteiger partial charge in [0.1, 0.15) is 0 Å². The molecule has 0 unspecified atom stereocenters. The number of benzene rings is 1. The minimum absolute atomic E-state index is 0.305. The highest BCUT2D eigenvalue weighted by atomic mass is 32.1. The molecule has 0 N–H and O–H groups in total. The highest BCUT2D eigenvalue weighted by Gasteiger charge is 2.20. The van der Waals surface area contributed by atoms with Crippen molar-refractivity contribution in [3.05, 3.63) is 58.3 Å². The lowest BCUT2D eigenvalue weighted by Crippen LogP contribution is -2.49. The van der Waals surface area contributed by atoms with Gasteiger partial charge in [0.25, 0.3) is 0 Å². The molecule has 1 amide bonds. The van der Waals surface area contributed by atoms with E-state index in [2.05, 4.69) is 52.1 Å². The quantitative estimate of drug-likeness (QED) is 0.814. The lowest BCUT2D eigenvalue weighted by Gasteiger charge is -2.34. The van der Waals surface area contributed by atoms with Crippen LogP contribution in [0.2, 0.25) is 0 Å². The smallest absolute Gasteiger partial charge is 0.222 e. The number of rotatable bonds is 6. The topological polar surface area (TPSA) is 23.6 Å². The van der Waals surface area contributed by atoms with E-state index in [9.17, 15) is 4.79 Å². The van der Waals surface area contributed by atoms with E-state index in [0.717, 1.165) is 45.6 Å². The van der Waals surface area contributed by atoms with Crippen molar-refractivity contribution in [3.63, 3.8) is 0 Å². The summed E-state index contributed by atoms with van der Waals surface area (Å²) in [5.74, 6) is 0.305. The van der Waals surface area contributed by atoms with Gasteiger partial charge < -0.3 is 4.90 Å². The van der Waals surface area contributed by atoms with Crippen LogP contribution in [-0.4, -0.2) is 48.4 Å². The Labute approximate surface area is 142 Å². The normalized spacial score (nSPS) is 15.7.